The van der Waals surface area contributed by atoms with Gasteiger partial charge in [0.1, 0.15) is 6.10 Å². The first-order valence-electron chi connectivity index (χ1n) is 11.7. The number of benzene rings is 3. The molecule has 5 nitrogen and oxygen atoms in total. The maximum absolute atomic E-state index is 15.2. The van der Waals surface area contributed by atoms with Crippen LogP contribution in [0.3, 0.4) is 0 Å². The molecule has 36 heavy (non-hydrogen) atoms. The molecule has 1 saturated heterocycles. The number of hydrogen-bond donors (Lipinski definition) is 1. The van der Waals surface area contributed by atoms with E-state index in [-0.39, 0.29) is 11.8 Å². The van der Waals surface area contributed by atoms with E-state index in [1.165, 1.54) is 16.5 Å². The lowest BCUT2D eigenvalue weighted by Crippen LogP contribution is -2.53. The summed E-state index contributed by atoms with van der Waals surface area (Å²) in [4.78, 5) is 15.9. The maximum Gasteiger partial charge on any atom is 0.407 e. The Balaban J connectivity index is 1.36. The Hall–Kier alpha value is -2.26. The number of carboxylic acid groups (broad SMARTS) is 1. The minimum atomic E-state index is -0.904. The summed E-state index contributed by atoms with van der Waals surface area (Å²) in [5, 5.41) is 9.90. The van der Waals surface area contributed by atoms with Crippen LogP contribution in [0.1, 0.15) is 22.8 Å². The van der Waals surface area contributed by atoms with E-state index in [4.69, 9.17) is 16.3 Å². The number of thioether (sulfide) groups is 1. The summed E-state index contributed by atoms with van der Waals surface area (Å²) in [5.74, 6) is 0.548. The van der Waals surface area contributed by atoms with Crippen LogP contribution in [0.4, 0.5) is 9.18 Å². The Bertz CT molecular complexity index is 1260. The number of piperazine rings is 1. The van der Waals surface area contributed by atoms with Crippen LogP contribution >= 0.6 is 39.3 Å². The van der Waals surface area contributed by atoms with Crippen molar-refractivity contribution in [2.75, 3.05) is 26.2 Å². The molecule has 2 atom stereocenters. The van der Waals surface area contributed by atoms with E-state index in [0.717, 1.165) is 26.2 Å². The van der Waals surface area contributed by atoms with Crippen LogP contribution in [-0.4, -0.2) is 53.2 Å². The lowest BCUT2D eigenvalue weighted by molar-refractivity contribution is 0.0383. The number of amides is 1. The average molecular weight is 592 g/mol. The fraction of sp³-hybridized carbons (Fsp3) is 0.296. The number of nitrogens with zero attached hydrogens (tertiary/aromatic N) is 2. The molecule has 0 spiro atoms. The van der Waals surface area contributed by atoms with E-state index in [0.29, 0.717) is 37.6 Å². The Morgan fingerprint density at radius 2 is 1.86 bits per heavy atom. The third kappa shape index (κ3) is 5.52. The van der Waals surface area contributed by atoms with Gasteiger partial charge in [-0.2, -0.15) is 0 Å². The summed E-state index contributed by atoms with van der Waals surface area (Å²) in [6.45, 7) is 2.04. The first-order valence-corrected chi connectivity index (χ1v) is 13.9. The number of fused-ring (bicyclic) bond motifs is 1. The van der Waals surface area contributed by atoms with Gasteiger partial charge in [-0.05, 0) is 53.4 Å². The molecular formula is C27H25BrClFN2O3S. The third-order valence-electron chi connectivity index (χ3n) is 6.72. The van der Waals surface area contributed by atoms with Gasteiger partial charge in [0.15, 0.2) is 11.6 Å². The van der Waals surface area contributed by atoms with Crippen LogP contribution in [0.25, 0.3) is 0 Å². The van der Waals surface area contributed by atoms with E-state index in [1.807, 2.05) is 36.4 Å². The van der Waals surface area contributed by atoms with Gasteiger partial charge in [-0.1, -0.05) is 57.9 Å². The zero-order chi connectivity index (χ0) is 25.2. The van der Waals surface area contributed by atoms with Crippen molar-refractivity contribution in [1.82, 2.24) is 9.80 Å². The van der Waals surface area contributed by atoms with Gasteiger partial charge in [0.05, 0.1) is 6.04 Å². The molecule has 188 valence electrons. The molecule has 1 amide bonds. The monoisotopic (exact) mass is 590 g/mol. The number of hydrogen-bond acceptors (Lipinski definition) is 4. The van der Waals surface area contributed by atoms with E-state index in [1.54, 1.807) is 17.8 Å². The van der Waals surface area contributed by atoms with Crippen molar-refractivity contribution in [3.8, 4) is 5.75 Å². The Kier molecular flexibility index (Phi) is 7.76. The summed E-state index contributed by atoms with van der Waals surface area (Å²) >= 11 is 11.6. The summed E-state index contributed by atoms with van der Waals surface area (Å²) in [6, 6.07) is 18.9. The van der Waals surface area contributed by atoms with Gasteiger partial charge in [-0.25, -0.2) is 9.18 Å². The molecule has 0 unspecified atom stereocenters. The molecule has 0 radical (unpaired) electrons. The number of ether oxygens (including phenoxy) is 1. The van der Waals surface area contributed by atoms with Crippen molar-refractivity contribution in [2.45, 2.75) is 29.2 Å². The second-order valence-corrected chi connectivity index (χ2v) is 11.3. The highest BCUT2D eigenvalue weighted by Crippen LogP contribution is 2.43. The molecule has 5 rings (SSSR count). The van der Waals surface area contributed by atoms with Crippen LogP contribution in [-0.2, 0) is 12.2 Å². The molecule has 1 heterocycles. The van der Waals surface area contributed by atoms with Crippen LogP contribution in [0, 0.1) is 5.82 Å². The van der Waals surface area contributed by atoms with Crippen molar-refractivity contribution in [3.05, 3.63) is 92.7 Å². The van der Waals surface area contributed by atoms with Crippen LogP contribution in [0.5, 0.6) is 5.75 Å². The van der Waals surface area contributed by atoms with E-state index in [9.17, 15) is 9.90 Å². The number of halogens is 3. The minimum absolute atomic E-state index is 0.0581. The second-order valence-electron chi connectivity index (χ2n) is 8.94. The zero-order valence-electron chi connectivity index (χ0n) is 19.4. The summed E-state index contributed by atoms with van der Waals surface area (Å²) < 4.78 is 22.5. The fourth-order valence-electron chi connectivity index (χ4n) is 4.87. The quantitative estimate of drug-likeness (QED) is 0.317. The highest BCUT2D eigenvalue weighted by molar-refractivity contribution is 9.10. The lowest BCUT2D eigenvalue weighted by Gasteiger charge is -2.39. The molecule has 1 aliphatic carbocycles. The van der Waals surface area contributed by atoms with E-state index < -0.39 is 18.0 Å². The van der Waals surface area contributed by atoms with Gasteiger partial charge in [-0.3, -0.25) is 4.90 Å². The highest BCUT2D eigenvalue weighted by Gasteiger charge is 2.41. The molecular weight excluding hydrogens is 567 g/mol. The van der Waals surface area contributed by atoms with Crippen LogP contribution in [0.15, 0.2) is 70.0 Å². The van der Waals surface area contributed by atoms with Crippen molar-refractivity contribution in [2.24, 2.45) is 0 Å². The predicted molar refractivity (Wildman–Crippen MR) is 144 cm³/mol. The summed E-state index contributed by atoms with van der Waals surface area (Å²) in [6.07, 6.45) is -0.625. The topological polar surface area (TPSA) is 53.0 Å². The number of carbonyl (C=O) groups is 1. The fourth-order valence-corrected chi connectivity index (χ4v) is 6.74. The Morgan fingerprint density at radius 3 is 2.56 bits per heavy atom. The third-order valence-corrected chi connectivity index (χ3v) is 8.71. The molecule has 2 aliphatic rings. The predicted octanol–water partition coefficient (Wildman–Crippen LogP) is 6.87. The zero-order valence-corrected chi connectivity index (χ0v) is 22.5. The minimum Gasteiger partial charge on any atom is -0.481 e. The first-order chi connectivity index (χ1) is 17.4. The van der Waals surface area contributed by atoms with Gasteiger partial charge in [0.25, 0.3) is 0 Å². The summed E-state index contributed by atoms with van der Waals surface area (Å²) in [7, 11) is 0. The highest BCUT2D eigenvalue weighted by atomic mass is 79.9. The standard InChI is InChI=1S/C27H25BrClFN2O3S/c28-22-13-18(29)12-21-20(22)15-24(31-8-10-32(11-9-31)27(33)34)26(21)35-25-7-6-19(14-23(25)30)36-16-17-4-2-1-3-5-17/h1-7,12-14,24,26H,8-11,15-16H2,(H,33,34)/t24-,26-/m0/s1. The molecule has 1 fully saturated rings. The Morgan fingerprint density at radius 1 is 1.11 bits per heavy atom. The smallest absolute Gasteiger partial charge is 0.407 e. The van der Waals surface area contributed by atoms with Crippen LogP contribution < -0.4 is 4.74 Å². The molecule has 1 N–H and O–H groups in total. The van der Waals surface area contributed by atoms with Gasteiger partial charge in [0, 0.05) is 46.3 Å². The van der Waals surface area contributed by atoms with Crippen molar-refractivity contribution in [3.63, 3.8) is 0 Å². The molecule has 9 heteroatoms. The lowest BCUT2D eigenvalue weighted by atomic mass is 10.1. The molecule has 0 bridgehead atoms. The van der Waals surface area contributed by atoms with Gasteiger partial charge >= 0.3 is 6.09 Å². The maximum atomic E-state index is 15.2. The molecule has 1 aliphatic heterocycles. The van der Waals surface area contributed by atoms with Gasteiger partial charge in [0.2, 0.25) is 0 Å². The van der Waals surface area contributed by atoms with Crippen molar-refractivity contribution < 1.29 is 19.0 Å². The second kappa shape index (κ2) is 11.0. The Labute approximate surface area is 227 Å². The molecule has 3 aromatic rings. The first kappa shape index (κ1) is 25.4. The normalized spacial score (nSPS) is 19.8. The van der Waals surface area contributed by atoms with Crippen molar-refractivity contribution >= 4 is 45.4 Å². The van der Waals surface area contributed by atoms with Gasteiger partial charge < -0.3 is 14.7 Å². The molecule has 0 aromatic heterocycles. The number of rotatable bonds is 6. The summed E-state index contributed by atoms with van der Waals surface area (Å²) in [5.41, 5.74) is 3.20. The van der Waals surface area contributed by atoms with E-state index in [2.05, 4.69) is 33.0 Å². The molecule has 0 saturated carbocycles. The van der Waals surface area contributed by atoms with Gasteiger partial charge in [-0.15, -0.1) is 11.8 Å². The largest absolute Gasteiger partial charge is 0.481 e. The van der Waals surface area contributed by atoms with E-state index >= 15 is 4.39 Å². The SMILES string of the molecule is O=C(O)N1CCN([C@H]2Cc3c(Br)cc(Cl)cc3[C@@H]2Oc2ccc(SCc3ccccc3)cc2F)CC1. The average Bonchev–Trinajstić information content (AvgIpc) is 3.23. The van der Waals surface area contributed by atoms with Crippen molar-refractivity contribution in [1.29, 1.82) is 0 Å². The molecule has 3 aromatic carbocycles. The van der Waals surface area contributed by atoms with Crippen LogP contribution in [0.2, 0.25) is 5.02 Å².